The number of aromatic nitrogens is 5. The summed E-state index contributed by atoms with van der Waals surface area (Å²) in [4.78, 5) is 18.1. The number of nitrogens with one attached hydrogen (secondary N) is 1. The van der Waals surface area contributed by atoms with E-state index in [1.165, 1.54) is 0 Å². The number of pyridine rings is 1. The highest BCUT2D eigenvalue weighted by Gasteiger charge is 2.14. The van der Waals surface area contributed by atoms with Crippen LogP contribution in [0.2, 0.25) is 0 Å². The summed E-state index contributed by atoms with van der Waals surface area (Å²) in [7, 11) is 0. The lowest BCUT2D eigenvalue weighted by molar-refractivity contribution is 0.330. The monoisotopic (exact) mass is 362 g/mol. The summed E-state index contributed by atoms with van der Waals surface area (Å²) >= 11 is 0. The van der Waals surface area contributed by atoms with Crippen molar-refractivity contribution in [1.82, 2.24) is 24.5 Å². The van der Waals surface area contributed by atoms with Crippen molar-refractivity contribution >= 4 is 33.7 Å². The maximum atomic E-state index is 5.70. The second-order valence-corrected chi connectivity index (χ2v) is 6.29. The largest absolute Gasteiger partial charge is 0.476 e. The van der Waals surface area contributed by atoms with Crippen molar-refractivity contribution in [2.75, 3.05) is 11.9 Å². The average molecular weight is 362 g/mol. The molecule has 7 heteroatoms. The fourth-order valence-corrected chi connectivity index (χ4v) is 2.97. The zero-order chi connectivity index (χ0) is 18.6. The summed E-state index contributed by atoms with van der Waals surface area (Å²) in [5.74, 6) is 0.968. The highest BCUT2D eigenvalue weighted by atomic mass is 16.5. The topological polar surface area (TPSA) is 77.8 Å². The number of rotatable bonds is 7. The quantitative estimate of drug-likeness (QED) is 0.528. The van der Waals surface area contributed by atoms with Gasteiger partial charge in [0.1, 0.15) is 0 Å². The lowest BCUT2D eigenvalue weighted by Crippen LogP contribution is -2.04. The van der Waals surface area contributed by atoms with Gasteiger partial charge < -0.3 is 14.6 Å². The lowest BCUT2D eigenvalue weighted by atomic mass is 10.2. The number of imidazole rings is 1. The molecule has 0 aliphatic heterocycles. The molecule has 0 spiro atoms. The van der Waals surface area contributed by atoms with E-state index >= 15 is 0 Å². The minimum absolute atomic E-state index is 0.473. The number of aryl methyl sites for hydroxylation is 1. The van der Waals surface area contributed by atoms with Gasteiger partial charge in [0.15, 0.2) is 11.2 Å². The van der Waals surface area contributed by atoms with Crippen LogP contribution < -0.4 is 10.1 Å². The molecular formula is C20H22N6O. The molecule has 0 fully saturated rings. The van der Waals surface area contributed by atoms with Crippen LogP contribution in [0.5, 0.6) is 5.88 Å². The Balaban J connectivity index is 1.72. The molecule has 1 N–H and O–H groups in total. The van der Waals surface area contributed by atoms with Gasteiger partial charge in [-0.25, -0.2) is 4.98 Å². The van der Waals surface area contributed by atoms with Gasteiger partial charge in [0.2, 0.25) is 11.8 Å². The van der Waals surface area contributed by atoms with Crippen molar-refractivity contribution < 1.29 is 4.74 Å². The van der Waals surface area contributed by atoms with E-state index in [1.807, 2.05) is 41.8 Å². The number of benzene rings is 1. The highest BCUT2D eigenvalue weighted by Crippen LogP contribution is 2.25. The number of ether oxygens (including phenoxy) is 1. The Kier molecular flexibility index (Phi) is 4.82. The molecular weight excluding hydrogens is 340 g/mol. The minimum atomic E-state index is 0.473. The van der Waals surface area contributed by atoms with Gasteiger partial charge in [0, 0.05) is 11.9 Å². The van der Waals surface area contributed by atoms with Crippen LogP contribution in [0.4, 0.5) is 11.6 Å². The molecule has 7 nitrogen and oxygen atoms in total. The second-order valence-electron chi connectivity index (χ2n) is 6.29. The van der Waals surface area contributed by atoms with E-state index in [0.717, 1.165) is 41.6 Å². The third-order valence-corrected chi connectivity index (χ3v) is 4.31. The Hall–Kier alpha value is -3.22. The summed E-state index contributed by atoms with van der Waals surface area (Å²) in [6.07, 6.45) is 5.76. The zero-order valence-corrected chi connectivity index (χ0v) is 15.5. The molecule has 0 radical (unpaired) electrons. The molecule has 1 aromatic carbocycles. The molecule has 0 unspecified atom stereocenters. The molecule has 3 aromatic heterocycles. The first-order valence-corrected chi connectivity index (χ1v) is 9.26. The molecule has 0 aliphatic carbocycles. The van der Waals surface area contributed by atoms with E-state index in [0.29, 0.717) is 24.0 Å². The molecule has 0 aliphatic rings. The van der Waals surface area contributed by atoms with Gasteiger partial charge in [0.05, 0.1) is 30.3 Å². The van der Waals surface area contributed by atoms with E-state index in [-0.39, 0.29) is 0 Å². The van der Waals surface area contributed by atoms with E-state index < -0.39 is 0 Å². The summed E-state index contributed by atoms with van der Waals surface area (Å²) in [5, 5.41) is 4.31. The van der Waals surface area contributed by atoms with E-state index in [4.69, 9.17) is 4.74 Å². The number of nitrogens with zero attached hydrogens (tertiary/aromatic N) is 5. The van der Waals surface area contributed by atoms with Gasteiger partial charge in [-0.05, 0) is 25.5 Å². The van der Waals surface area contributed by atoms with Gasteiger partial charge in [-0.15, -0.1) is 0 Å². The summed E-state index contributed by atoms with van der Waals surface area (Å²) in [6, 6.07) is 10.0. The lowest BCUT2D eigenvalue weighted by Gasteiger charge is -2.10. The van der Waals surface area contributed by atoms with Gasteiger partial charge in [0.25, 0.3) is 0 Å². The van der Waals surface area contributed by atoms with Gasteiger partial charge in [-0.1, -0.05) is 31.5 Å². The summed E-state index contributed by atoms with van der Waals surface area (Å²) < 4.78 is 7.75. The Morgan fingerprint density at radius 3 is 2.85 bits per heavy atom. The van der Waals surface area contributed by atoms with Gasteiger partial charge >= 0.3 is 0 Å². The average Bonchev–Trinajstić information content (AvgIpc) is 3.09. The van der Waals surface area contributed by atoms with E-state index in [1.54, 1.807) is 12.5 Å². The molecule has 27 heavy (non-hydrogen) atoms. The number of anilines is 2. The summed E-state index contributed by atoms with van der Waals surface area (Å²) in [5.41, 5.74) is 3.25. The molecule has 3 heterocycles. The van der Waals surface area contributed by atoms with Crippen molar-refractivity contribution in [3.05, 3.63) is 42.9 Å². The predicted molar refractivity (Wildman–Crippen MR) is 106 cm³/mol. The van der Waals surface area contributed by atoms with Crippen molar-refractivity contribution in [2.45, 2.75) is 33.2 Å². The maximum Gasteiger partial charge on any atom is 0.247 e. The Morgan fingerprint density at radius 2 is 2.00 bits per heavy atom. The molecule has 0 bridgehead atoms. The number of fused-ring (bicyclic) bond motifs is 2. The Bertz CT molecular complexity index is 1070. The first-order chi connectivity index (χ1) is 13.3. The molecule has 0 amide bonds. The normalized spacial score (nSPS) is 11.2. The number of unbranched alkanes of at least 4 members (excludes halogenated alkanes) is 1. The Morgan fingerprint density at radius 1 is 1.11 bits per heavy atom. The maximum absolute atomic E-state index is 5.70. The van der Waals surface area contributed by atoms with Crippen molar-refractivity contribution in [1.29, 1.82) is 0 Å². The number of hydrogen-bond acceptors (Lipinski definition) is 6. The third-order valence-electron chi connectivity index (χ3n) is 4.31. The molecule has 0 saturated carbocycles. The molecule has 4 aromatic rings. The minimum Gasteiger partial charge on any atom is -0.476 e. The van der Waals surface area contributed by atoms with Gasteiger partial charge in [-0.3, -0.25) is 4.98 Å². The number of para-hydroxylation sites is 1. The predicted octanol–water partition coefficient (Wildman–Crippen LogP) is 4.32. The van der Waals surface area contributed by atoms with Crippen LogP contribution in [0.25, 0.3) is 22.1 Å². The van der Waals surface area contributed by atoms with Crippen LogP contribution in [0.1, 0.15) is 26.7 Å². The zero-order valence-electron chi connectivity index (χ0n) is 15.5. The fourth-order valence-electron chi connectivity index (χ4n) is 2.97. The smallest absolute Gasteiger partial charge is 0.247 e. The third kappa shape index (κ3) is 3.53. The number of hydrogen-bond donors (Lipinski definition) is 1. The SMILES string of the molecule is CCCCn1cnc2c(OCC)nc(Nc3cnc4ccccc4c3)nc21. The van der Waals surface area contributed by atoms with Crippen LogP contribution in [-0.4, -0.2) is 31.1 Å². The van der Waals surface area contributed by atoms with Crippen LogP contribution >= 0.6 is 0 Å². The molecule has 0 saturated heterocycles. The van der Waals surface area contributed by atoms with E-state index in [2.05, 4.69) is 32.2 Å². The van der Waals surface area contributed by atoms with Crippen LogP contribution in [0, 0.1) is 0 Å². The molecule has 138 valence electrons. The fraction of sp³-hybridized carbons (Fsp3) is 0.300. The van der Waals surface area contributed by atoms with Gasteiger partial charge in [-0.2, -0.15) is 9.97 Å². The highest BCUT2D eigenvalue weighted by molar-refractivity contribution is 5.83. The Labute approximate surface area is 157 Å². The van der Waals surface area contributed by atoms with E-state index in [9.17, 15) is 0 Å². The molecule has 4 rings (SSSR count). The molecule has 0 atom stereocenters. The van der Waals surface area contributed by atoms with Crippen molar-refractivity contribution in [3.8, 4) is 5.88 Å². The van der Waals surface area contributed by atoms with Crippen LogP contribution in [0.3, 0.4) is 0 Å². The van der Waals surface area contributed by atoms with Crippen LogP contribution in [-0.2, 0) is 6.54 Å². The standard InChI is InChI=1S/C20H22N6O/c1-3-5-10-26-13-22-17-18(26)24-20(25-19(17)27-4-2)23-15-11-14-8-6-7-9-16(14)21-12-15/h6-9,11-13H,3-5,10H2,1-2H3,(H,23,24,25). The van der Waals surface area contributed by atoms with Crippen molar-refractivity contribution in [3.63, 3.8) is 0 Å². The van der Waals surface area contributed by atoms with Crippen LogP contribution in [0.15, 0.2) is 42.9 Å². The first kappa shape index (κ1) is 17.2. The first-order valence-electron chi connectivity index (χ1n) is 9.26. The summed E-state index contributed by atoms with van der Waals surface area (Å²) in [6.45, 7) is 5.49. The second kappa shape index (κ2) is 7.57. The van der Waals surface area contributed by atoms with Crippen molar-refractivity contribution in [2.24, 2.45) is 0 Å².